The Kier molecular flexibility index (Phi) is 2.39. The highest BCUT2D eigenvalue weighted by atomic mass is 16.5. The van der Waals surface area contributed by atoms with Crippen LogP contribution in [0, 0.1) is 0 Å². The van der Waals surface area contributed by atoms with Crippen LogP contribution >= 0.6 is 0 Å². The van der Waals surface area contributed by atoms with E-state index >= 15 is 0 Å². The van der Waals surface area contributed by atoms with E-state index in [0.29, 0.717) is 0 Å². The third-order valence-electron chi connectivity index (χ3n) is 1.95. The molecule has 1 aromatic rings. The average Bonchev–Trinajstić information content (AvgIpc) is 2.59. The quantitative estimate of drug-likeness (QED) is 0.667. The van der Waals surface area contributed by atoms with Crippen LogP contribution in [-0.4, -0.2) is 35.6 Å². The second-order valence-electron chi connectivity index (χ2n) is 2.93. The number of aromatic nitrogens is 2. The smallest absolute Gasteiger partial charge is 0.0895 e. The highest BCUT2D eigenvalue weighted by Gasteiger charge is 2.13. The van der Waals surface area contributed by atoms with Crippen LogP contribution in [0.5, 0.6) is 0 Å². The van der Waals surface area contributed by atoms with Crippen LogP contribution in [0.3, 0.4) is 0 Å². The number of rotatable bonds is 2. The van der Waals surface area contributed by atoms with Gasteiger partial charge in [0.25, 0.3) is 0 Å². The molecule has 1 aliphatic rings. The van der Waals surface area contributed by atoms with E-state index in [2.05, 4.69) is 10.4 Å². The monoisotopic (exact) mass is 167 g/mol. The third kappa shape index (κ3) is 1.84. The van der Waals surface area contributed by atoms with E-state index in [-0.39, 0.29) is 6.10 Å². The van der Waals surface area contributed by atoms with E-state index in [9.17, 15) is 0 Å². The molecule has 0 aliphatic carbocycles. The summed E-state index contributed by atoms with van der Waals surface area (Å²) >= 11 is 0. The highest BCUT2D eigenvalue weighted by Crippen LogP contribution is 1.98. The van der Waals surface area contributed by atoms with Gasteiger partial charge in [0.15, 0.2) is 0 Å². The van der Waals surface area contributed by atoms with Gasteiger partial charge in [-0.1, -0.05) is 0 Å². The summed E-state index contributed by atoms with van der Waals surface area (Å²) < 4.78 is 7.43. The molecular formula is C8H13N3O. The van der Waals surface area contributed by atoms with Gasteiger partial charge in [-0.2, -0.15) is 5.10 Å². The maximum atomic E-state index is 5.53. The summed E-state index contributed by atoms with van der Waals surface area (Å²) in [4.78, 5) is 0. The van der Waals surface area contributed by atoms with Gasteiger partial charge < -0.3 is 10.1 Å². The molecule has 0 bridgehead atoms. The zero-order valence-electron chi connectivity index (χ0n) is 6.94. The summed E-state index contributed by atoms with van der Waals surface area (Å²) in [6.45, 7) is 3.56. The molecule has 0 amide bonds. The first-order valence-corrected chi connectivity index (χ1v) is 4.25. The predicted molar refractivity (Wildman–Crippen MR) is 44.8 cm³/mol. The molecule has 1 aromatic heterocycles. The minimum Gasteiger partial charge on any atom is -0.374 e. The van der Waals surface area contributed by atoms with Crippen molar-refractivity contribution in [1.82, 2.24) is 15.1 Å². The van der Waals surface area contributed by atoms with Crippen molar-refractivity contribution in [2.45, 2.75) is 12.6 Å². The van der Waals surface area contributed by atoms with Crippen LogP contribution in [0.1, 0.15) is 0 Å². The number of hydrogen-bond donors (Lipinski definition) is 1. The molecule has 2 rings (SSSR count). The lowest BCUT2D eigenvalue weighted by Crippen LogP contribution is -2.40. The summed E-state index contributed by atoms with van der Waals surface area (Å²) in [7, 11) is 0. The van der Waals surface area contributed by atoms with Gasteiger partial charge >= 0.3 is 0 Å². The molecule has 4 heteroatoms. The van der Waals surface area contributed by atoms with Crippen LogP contribution in [0.4, 0.5) is 0 Å². The average molecular weight is 167 g/mol. The van der Waals surface area contributed by atoms with E-state index in [0.717, 1.165) is 26.2 Å². The molecule has 1 atom stereocenters. The molecule has 1 aliphatic heterocycles. The zero-order chi connectivity index (χ0) is 8.23. The molecular weight excluding hydrogens is 154 g/mol. The van der Waals surface area contributed by atoms with E-state index < -0.39 is 0 Å². The summed E-state index contributed by atoms with van der Waals surface area (Å²) in [5.41, 5.74) is 0. The third-order valence-corrected chi connectivity index (χ3v) is 1.95. The van der Waals surface area contributed by atoms with Crippen molar-refractivity contribution in [2.75, 3.05) is 19.7 Å². The molecule has 2 heterocycles. The Hall–Kier alpha value is -0.870. The van der Waals surface area contributed by atoms with Crippen LogP contribution in [0.2, 0.25) is 0 Å². The van der Waals surface area contributed by atoms with Crippen molar-refractivity contribution >= 4 is 0 Å². The summed E-state index contributed by atoms with van der Waals surface area (Å²) in [6, 6.07) is 1.93. The molecule has 66 valence electrons. The lowest BCUT2D eigenvalue weighted by Gasteiger charge is -2.23. The molecule has 0 radical (unpaired) electrons. The van der Waals surface area contributed by atoms with Crippen LogP contribution in [0.15, 0.2) is 18.5 Å². The van der Waals surface area contributed by atoms with Gasteiger partial charge in [-0.15, -0.1) is 0 Å². The Morgan fingerprint density at radius 3 is 3.33 bits per heavy atom. The lowest BCUT2D eigenvalue weighted by molar-refractivity contribution is 0.0161. The SMILES string of the molecule is c1cnn(C[C@H]2CNCCO2)c1. The molecule has 4 nitrogen and oxygen atoms in total. The Bertz CT molecular complexity index is 216. The summed E-state index contributed by atoms with van der Waals surface area (Å²) in [6.07, 6.45) is 4.02. The fraction of sp³-hybridized carbons (Fsp3) is 0.625. The van der Waals surface area contributed by atoms with Gasteiger partial charge in [0.2, 0.25) is 0 Å². The lowest BCUT2D eigenvalue weighted by atomic mass is 10.3. The molecule has 0 saturated carbocycles. The van der Waals surface area contributed by atoms with Crippen molar-refractivity contribution in [2.24, 2.45) is 0 Å². The van der Waals surface area contributed by atoms with Crippen molar-refractivity contribution in [3.05, 3.63) is 18.5 Å². The molecule has 0 aromatic carbocycles. The van der Waals surface area contributed by atoms with Gasteiger partial charge in [0.05, 0.1) is 19.3 Å². The molecule has 0 unspecified atom stereocenters. The minimum absolute atomic E-state index is 0.277. The molecule has 1 N–H and O–H groups in total. The summed E-state index contributed by atoms with van der Waals surface area (Å²) in [5, 5.41) is 7.40. The topological polar surface area (TPSA) is 39.1 Å². The Balaban J connectivity index is 1.86. The van der Waals surface area contributed by atoms with Crippen molar-refractivity contribution < 1.29 is 4.74 Å². The van der Waals surface area contributed by atoms with E-state index in [1.165, 1.54) is 0 Å². The van der Waals surface area contributed by atoms with Crippen LogP contribution < -0.4 is 5.32 Å². The molecule has 1 saturated heterocycles. The number of nitrogens with zero attached hydrogens (tertiary/aromatic N) is 2. The van der Waals surface area contributed by atoms with Gasteiger partial charge in [0, 0.05) is 25.5 Å². The van der Waals surface area contributed by atoms with Crippen molar-refractivity contribution in [3.8, 4) is 0 Å². The van der Waals surface area contributed by atoms with Crippen LogP contribution in [-0.2, 0) is 11.3 Å². The normalized spacial score (nSPS) is 24.2. The summed E-state index contributed by atoms with van der Waals surface area (Å²) in [5.74, 6) is 0. The first-order valence-electron chi connectivity index (χ1n) is 4.25. The maximum absolute atomic E-state index is 5.53. The predicted octanol–water partition coefficient (Wildman–Crippen LogP) is -0.129. The fourth-order valence-corrected chi connectivity index (χ4v) is 1.35. The highest BCUT2D eigenvalue weighted by molar-refractivity contribution is 4.79. The van der Waals surface area contributed by atoms with Gasteiger partial charge in [-0.05, 0) is 6.07 Å². The molecule has 1 fully saturated rings. The first kappa shape index (κ1) is 7.76. The fourth-order valence-electron chi connectivity index (χ4n) is 1.35. The Morgan fingerprint density at radius 2 is 2.67 bits per heavy atom. The first-order chi connectivity index (χ1) is 5.95. The number of ether oxygens (including phenoxy) is 1. The standard InChI is InChI=1S/C8H13N3O/c1-2-10-11(4-1)7-8-6-9-3-5-12-8/h1-2,4,8-9H,3,5-7H2/t8-/m1/s1. The molecule has 12 heavy (non-hydrogen) atoms. The Morgan fingerprint density at radius 1 is 1.67 bits per heavy atom. The minimum atomic E-state index is 0.277. The number of hydrogen-bond acceptors (Lipinski definition) is 3. The second kappa shape index (κ2) is 3.69. The molecule has 0 spiro atoms. The van der Waals surface area contributed by atoms with Gasteiger partial charge in [0.1, 0.15) is 0 Å². The van der Waals surface area contributed by atoms with Crippen molar-refractivity contribution in [1.29, 1.82) is 0 Å². The number of morpholine rings is 1. The largest absolute Gasteiger partial charge is 0.374 e. The second-order valence-corrected chi connectivity index (χ2v) is 2.93. The van der Waals surface area contributed by atoms with Crippen molar-refractivity contribution in [3.63, 3.8) is 0 Å². The number of nitrogens with one attached hydrogen (secondary N) is 1. The maximum Gasteiger partial charge on any atom is 0.0895 e. The van der Waals surface area contributed by atoms with Gasteiger partial charge in [-0.25, -0.2) is 0 Å². The Labute approximate surface area is 71.5 Å². The van der Waals surface area contributed by atoms with E-state index in [4.69, 9.17) is 4.74 Å². The zero-order valence-corrected chi connectivity index (χ0v) is 6.94. The van der Waals surface area contributed by atoms with E-state index in [1.807, 2.05) is 16.9 Å². The van der Waals surface area contributed by atoms with Crippen LogP contribution in [0.25, 0.3) is 0 Å². The van der Waals surface area contributed by atoms with E-state index in [1.54, 1.807) is 6.20 Å². The van der Waals surface area contributed by atoms with Gasteiger partial charge in [-0.3, -0.25) is 4.68 Å².